The molecule has 1 N–H and O–H groups in total. The number of nitrogens with zero attached hydrogens (tertiary/aromatic N) is 3. The average Bonchev–Trinajstić information content (AvgIpc) is 2.58. The minimum Gasteiger partial charge on any atom is -0.317 e. The molecule has 0 bridgehead atoms. The lowest BCUT2D eigenvalue weighted by atomic mass is 9.97. The summed E-state index contributed by atoms with van der Waals surface area (Å²) >= 11 is 0. The van der Waals surface area contributed by atoms with E-state index in [4.69, 9.17) is 0 Å². The van der Waals surface area contributed by atoms with Crippen molar-refractivity contribution in [3.8, 4) is 0 Å². The van der Waals surface area contributed by atoms with Crippen LogP contribution in [0.25, 0.3) is 0 Å². The summed E-state index contributed by atoms with van der Waals surface area (Å²) in [7, 11) is 4.21. The third-order valence-corrected chi connectivity index (χ3v) is 3.58. The zero-order valence-corrected chi connectivity index (χ0v) is 11.2. The van der Waals surface area contributed by atoms with Crippen molar-refractivity contribution in [2.24, 2.45) is 13.0 Å². The average molecular weight is 236 g/mol. The van der Waals surface area contributed by atoms with Crippen LogP contribution in [0, 0.1) is 12.8 Å². The molecular weight excluding hydrogens is 212 g/mol. The van der Waals surface area contributed by atoms with Crippen molar-refractivity contribution in [3.05, 3.63) is 17.5 Å². The van der Waals surface area contributed by atoms with E-state index in [-0.39, 0.29) is 0 Å². The molecule has 4 heteroatoms. The normalized spacial score (nSPS) is 17.9. The molecular formula is C13H24N4. The first kappa shape index (κ1) is 12.6. The monoisotopic (exact) mass is 236 g/mol. The molecule has 0 atom stereocenters. The summed E-state index contributed by atoms with van der Waals surface area (Å²) in [6.45, 7) is 6.68. The van der Waals surface area contributed by atoms with Gasteiger partial charge in [0.1, 0.15) is 0 Å². The molecule has 96 valence electrons. The zero-order valence-electron chi connectivity index (χ0n) is 11.2. The van der Waals surface area contributed by atoms with E-state index in [1.807, 2.05) is 11.7 Å². The second-order valence-corrected chi connectivity index (χ2v) is 5.30. The smallest absolute Gasteiger partial charge is 0.0638 e. The van der Waals surface area contributed by atoms with E-state index in [1.165, 1.54) is 38.0 Å². The number of nitrogens with one attached hydrogen (secondary N) is 1. The maximum absolute atomic E-state index is 4.39. The van der Waals surface area contributed by atoms with Crippen molar-refractivity contribution in [2.75, 3.05) is 26.7 Å². The third kappa shape index (κ3) is 3.54. The van der Waals surface area contributed by atoms with Gasteiger partial charge in [-0.3, -0.25) is 4.68 Å². The van der Waals surface area contributed by atoms with E-state index in [0.717, 1.165) is 18.2 Å². The Balaban J connectivity index is 1.83. The zero-order chi connectivity index (χ0) is 12.3. The van der Waals surface area contributed by atoms with Gasteiger partial charge in [0.2, 0.25) is 0 Å². The molecule has 0 aliphatic carbocycles. The lowest BCUT2D eigenvalue weighted by Crippen LogP contribution is -2.34. The van der Waals surface area contributed by atoms with E-state index < -0.39 is 0 Å². The van der Waals surface area contributed by atoms with Crippen LogP contribution in [0.5, 0.6) is 0 Å². The Hall–Kier alpha value is -0.870. The van der Waals surface area contributed by atoms with Crippen LogP contribution in [0.15, 0.2) is 6.20 Å². The Labute approximate surface area is 104 Å². The second kappa shape index (κ2) is 5.65. The summed E-state index contributed by atoms with van der Waals surface area (Å²) in [6, 6.07) is 0. The molecule has 1 aliphatic rings. The van der Waals surface area contributed by atoms with Crippen molar-refractivity contribution in [3.63, 3.8) is 0 Å². The van der Waals surface area contributed by atoms with Gasteiger partial charge in [-0.15, -0.1) is 0 Å². The van der Waals surface area contributed by atoms with Gasteiger partial charge in [0.05, 0.1) is 5.69 Å². The van der Waals surface area contributed by atoms with Crippen LogP contribution in [0.2, 0.25) is 0 Å². The van der Waals surface area contributed by atoms with Gasteiger partial charge in [-0.25, -0.2) is 0 Å². The summed E-state index contributed by atoms with van der Waals surface area (Å²) in [5.74, 6) is 0.859. The first-order valence-electron chi connectivity index (χ1n) is 6.53. The molecule has 2 heterocycles. The van der Waals surface area contributed by atoms with Crippen LogP contribution in [-0.4, -0.2) is 41.4 Å². The third-order valence-electron chi connectivity index (χ3n) is 3.58. The predicted molar refractivity (Wildman–Crippen MR) is 69.9 cm³/mol. The van der Waals surface area contributed by atoms with Gasteiger partial charge in [0.25, 0.3) is 0 Å². The number of aromatic nitrogens is 2. The molecule has 1 aromatic rings. The largest absolute Gasteiger partial charge is 0.317 e. The highest BCUT2D eigenvalue weighted by molar-refractivity contribution is 5.14. The minimum absolute atomic E-state index is 0.859. The number of hydrogen-bond donors (Lipinski definition) is 1. The molecule has 0 spiro atoms. The molecule has 1 saturated heterocycles. The molecule has 1 aromatic heterocycles. The number of aryl methyl sites for hydroxylation is 2. The molecule has 1 aliphatic heterocycles. The predicted octanol–water partition coefficient (Wildman–Crippen LogP) is 1.16. The lowest BCUT2D eigenvalue weighted by molar-refractivity contribution is 0.234. The molecule has 4 nitrogen and oxygen atoms in total. The quantitative estimate of drug-likeness (QED) is 0.851. The molecule has 0 saturated carbocycles. The highest BCUT2D eigenvalue weighted by Gasteiger charge is 2.15. The van der Waals surface area contributed by atoms with Gasteiger partial charge < -0.3 is 10.2 Å². The first-order valence-corrected chi connectivity index (χ1v) is 6.53. The van der Waals surface area contributed by atoms with Crippen LogP contribution in [0.4, 0.5) is 0 Å². The molecule has 17 heavy (non-hydrogen) atoms. The van der Waals surface area contributed by atoms with E-state index in [9.17, 15) is 0 Å². The Morgan fingerprint density at radius 3 is 2.76 bits per heavy atom. The van der Waals surface area contributed by atoms with Crippen molar-refractivity contribution in [1.82, 2.24) is 20.0 Å². The fourth-order valence-electron chi connectivity index (χ4n) is 2.66. The maximum atomic E-state index is 4.39. The highest BCUT2D eigenvalue weighted by Crippen LogP contribution is 2.15. The van der Waals surface area contributed by atoms with Crippen LogP contribution in [0.1, 0.15) is 24.1 Å². The Bertz CT molecular complexity index is 352. The molecule has 2 rings (SSSR count). The van der Waals surface area contributed by atoms with Crippen LogP contribution in [-0.2, 0) is 13.6 Å². The van der Waals surface area contributed by atoms with E-state index in [0.29, 0.717) is 0 Å². The van der Waals surface area contributed by atoms with Gasteiger partial charge in [-0.1, -0.05) is 0 Å². The summed E-state index contributed by atoms with van der Waals surface area (Å²) in [5.41, 5.74) is 2.51. The van der Waals surface area contributed by atoms with Gasteiger partial charge >= 0.3 is 0 Å². The Morgan fingerprint density at radius 2 is 2.18 bits per heavy atom. The van der Waals surface area contributed by atoms with Crippen LogP contribution < -0.4 is 5.32 Å². The van der Waals surface area contributed by atoms with E-state index in [1.54, 1.807) is 0 Å². The minimum atomic E-state index is 0.859. The van der Waals surface area contributed by atoms with Gasteiger partial charge in [0, 0.05) is 31.9 Å². The van der Waals surface area contributed by atoms with Gasteiger partial charge in [-0.2, -0.15) is 5.10 Å². The summed E-state index contributed by atoms with van der Waals surface area (Å²) in [5, 5.41) is 7.81. The molecule has 0 amide bonds. The maximum Gasteiger partial charge on any atom is 0.0638 e. The highest BCUT2D eigenvalue weighted by atomic mass is 15.3. The van der Waals surface area contributed by atoms with Crippen LogP contribution in [0.3, 0.4) is 0 Å². The molecule has 0 radical (unpaired) electrons. The fourth-order valence-corrected chi connectivity index (χ4v) is 2.66. The first-order chi connectivity index (χ1) is 8.15. The van der Waals surface area contributed by atoms with Gasteiger partial charge in [0.15, 0.2) is 0 Å². The van der Waals surface area contributed by atoms with Gasteiger partial charge in [-0.05, 0) is 45.8 Å². The summed E-state index contributed by atoms with van der Waals surface area (Å²) in [4.78, 5) is 2.43. The van der Waals surface area contributed by atoms with Crippen molar-refractivity contribution < 1.29 is 0 Å². The Morgan fingerprint density at radius 1 is 1.47 bits per heavy atom. The SMILES string of the molecule is Cc1nn(C)cc1CN(C)CC1CCNCC1. The fraction of sp³-hybridized carbons (Fsp3) is 0.769. The molecule has 0 unspecified atom stereocenters. The van der Waals surface area contributed by atoms with E-state index in [2.05, 4.69) is 35.5 Å². The second-order valence-electron chi connectivity index (χ2n) is 5.30. The van der Waals surface area contributed by atoms with E-state index >= 15 is 0 Å². The lowest BCUT2D eigenvalue weighted by Gasteiger charge is -2.27. The Kier molecular flexibility index (Phi) is 4.18. The van der Waals surface area contributed by atoms with Crippen LogP contribution >= 0.6 is 0 Å². The molecule has 0 aromatic carbocycles. The van der Waals surface area contributed by atoms with Crippen molar-refractivity contribution in [2.45, 2.75) is 26.3 Å². The topological polar surface area (TPSA) is 33.1 Å². The number of piperidine rings is 1. The van der Waals surface area contributed by atoms with Crippen molar-refractivity contribution in [1.29, 1.82) is 0 Å². The number of hydrogen-bond acceptors (Lipinski definition) is 3. The summed E-state index contributed by atoms with van der Waals surface area (Å²) in [6.07, 6.45) is 4.76. The standard InChI is InChI=1S/C13H24N4/c1-11-13(10-17(3)15-11)9-16(2)8-12-4-6-14-7-5-12/h10,12,14H,4-9H2,1-3H3. The number of rotatable bonds is 4. The van der Waals surface area contributed by atoms with Crippen molar-refractivity contribution >= 4 is 0 Å². The molecule has 1 fully saturated rings. The summed E-state index contributed by atoms with van der Waals surface area (Å²) < 4.78 is 1.91.